The highest BCUT2D eigenvalue weighted by Crippen LogP contribution is 2.60. The van der Waals surface area contributed by atoms with Crippen LogP contribution in [0.5, 0.6) is 5.75 Å². The SMILES string of the molecule is COc1ccc2c(c1)[C@]1(O[C@@H](CCn3cc(CCO)nn3)[C@H]([Si](C)(C)F)[C@H]1C)C(=O)N2Cc1ccc(NC(=O)C2CCCNC2)cc1. The van der Waals surface area contributed by atoms with Crippen LogP contribution in [0.4, 0.5) is 15.5 Å². The molecule has 4 heterocycles. The summed E-state index contributed by atoms with van der Waals surface area (Å²) in [5, 5.41) is 23.8. The van der Waals surface area contributed by atoms with Gasteiger partial charge in [0.15, 0.2) is 5.60 Å². The van der Waals surface area contributed by atoms with Gasteiger partial charge in [0.25, 0.3) is 5.91 Å². The Morgan fingerprint density at radius 1 is 1.26 bits per heavy atom. The third kappa shape index (κ3) is 6.45. The minimum atomic E-state index is -3.33. The van der Waals surface area contributed by atoms with Crippen molar-refractivity contribution in [3.8, 4) is 5.75 Å². The highest BCUT2D eigenvalue weighted by Gasteiger charge is 2.66. The Morgan fingerprint density at radius 3 is 2.72 bits per heavy atom. The predicted octanol–water partition coefficient (Wildman–Crippen LogP) is 4.17. The number of hydrogen-bond donors (Lipinski definition) is 3. The molecule has 6 rings (SSSR count). The lowest BCUT2D eigenvalue weighted by Gasteiger charge is -2.31. The fourth-order valence-corrected chi connectivity index (χ4v) is 10.3. The minimum Gasteiger partial charge on any atom is -0.497 e. The van der Waals surface area contributed by atoms with Crippen molar-refractivity contribution >= 4 is 31.6 Å². The summed E-state index contributed by atoms with van der Waals surface area (Å²) in [6, 6.07) is 13.1. The zero-order valence-corrected chi connectivity index (χ0v) is 28.5. The molecule has 252 valence electrons. The van der Waals surface area contributed by atoms with E-state index in [9.17, 15) is 14.7 Å². The van der Waals surface area contributed by atoms with Crippen molar-refractivity contribution in [3.05, 3.63) is 65.5 Å². The zero-order valence-electron chi connectivity index (χ0n) is 27.5. The van der Waals surface area contributed by atoms with Crippen molar-refractivity contribution < 1.29 is 28.3 Å². The molecule has 47 heavy (non-hydrogen) atoms. The van der Waals surface area contributed by atoms with E-state index in [1.807, 2.05) is 49.4 Å². The summed E-state index contributed by atoms with van der Waals surface area (Å²) < 4.78 is 30.3. The number of benzene rings is 2. The lowest BCUT2D eigenvalue weighted by atomic mass is 9.82. The molecule has 0 saturated carbocycles. The van der Waals surface area contributed by atoms with Crippen LogP contribution >= 0.6 is 0 Å². The number of rotatable bonds is 11. The molecule has 1 aromatic heterocycles. The number of ether oxygens (including phenoxy) is 2. The molecular weight excluding hydrogens is 619 g/mol. The van der Waals surface area contributed by atoms with Gasteiger partial charge in [0, 0.05) is 55.0 Å². The van der Waals surface area contributed by atoms with Crippen LogP contribution in [0.15, 0.2) is 48.7 Å². The van der Waals surface area contributed by atoms with Gasteiger partial charge in [-0.05, 0) is 74.8 Å². The smallest absolute Gasteiger partial charge is 0.264 e. The van der Waals surface area contributed by atoms with Gasteiger partial charge in [0.05, 0.1) is 37.1 Å². The summed E-state index contributed by atoms with van der Waals surface area (Å²) in [4.78, 5) is 29.2. The number of aryl methyl sites for hydroxylation is 1. The zero-order chi connectivity index (χ0) is 33.3. The van der Waals surface area contributed by atoms with E-state index in [-0.39, 0.29) is 30.9 Å². The van der Waals surface area contributed by atoms with Gasteiger partial charge >= 0.3 is 0 Å². The van der Waals surface area contributed by atoms with Gasteiger partial charge < -0.3 is 34.2 Å². The summed E-state index contributed by atoms with van der Waals surface area (Å²) in [6.45, 7) is 7.65. The van der Waals surface area contributed by atoms with Crippen molar-refractivity contribution in [2.45, 2.75) is 76.0 Å². The Labute approximate surface area is 276 Å². The maximum absolute atomic E-state index is 16.2. The fourth-order valence-electron chi connectivity index (χ4n) is 7.71. The number of piperidine rings is 1. The van der Waals surface area contributed by atoms with Gasteiger partial charge in [0.2, 0.25) is 14.3 Å². The Kier molecular flexibility index (Phi) is 9.52. The Hall–Kier alpha value is -3.65. The first-order valence-corrected chi connectivity index (χ1v) is 19.5. The van der Waals surface area contributed by atoms with E-state index in [0.29, 0.717) is 54.3 Å². The van der Waals surface area contributed by atoms with Crippen molar-refractivity contribution in [1.29, 1.82) is 0 Å². The quantitative estimate of drug-likeness (QED) is 0.206. The number of amides is 2. The molecule has 13 heteroatoms. The van der Waals surface area contributed by atoms with Crippen molar-refractivity contribution in [2.24, 2.45) is 11.8 Å². The number of carbonyl (C=O) groups excluding carboxylic acids is 2. The molecule has 3 aliphatic rings. The molecule has 2 aromatic carbocycles. The number of hydrogen-bond acceptors (Lipinski definition) is 8. The molecule has 3 N–H and O–H groups in total. The molecule has 0 aliphatic carbocycles. The van der Waals surface area contributed by atoms with Crippen LogP contribution in [0, 0.1) is 11.8 Å². The monoisotopic (exact) mass is 664 g/mol. The van der Waals surface area contributed by atoms with E-state index >= 15 is 4.11 Å². The molecule has 11 nitrogen and oxygen atoms in total. The average molecular weight is 665 g/mol. The first kappa shape index (κ1) is 33.3. The minimum absolute atomic E-state index is 0.00900. The number of carbonyl (C=O) groups is 2. The molecule has 3 aliphatic heterocycles. The highest BCUT2D eigenvalue weighted by atomic mass is 28.4. The maximum atomic E-state index is 16.2. The van der Waals surface area contributed by atoms with Gasteiger partial charge in [-0.2, -0.15) is 0 Å². The van der Waals surface area contributed by atoms with Crippen molar-refractivity contribution in [1.82, 2.24) is 20.3 Å². The number of nitrogens with zero attached hydrogens (tertiary/aromatic N) is 4. The van der Waals surface area contributed by atoms with Crippen LogP contribution < -0.4 is 20.3 Å². The molecule has 2 amide bonds. The molecule has 5 atom stereocenters. The third-order valence-electron chi connectivity index (χ3n) is 9.99. The second kappa shape index (κ2) is 13.5. The van der Waals surface area contributed by atoms with E-state index in [1.54, 1.807) is 36.0 Å². The topological polar surface area (TPSA) is 131 Å². The van der Waals surface area contributed by atoms with Crippen LogP contribution in [0.25, 0.3) is 0 Å². The molecule has 2 saturated heterocycles. The van der Waals surface area contributed by atoms with Crippen LogP contribution in [-0.2, 0) is 39.4 Å². The fraction of sp³-hybridized carbons (Fsp3) is 0.529. The molecule has 1 unspecified atom stereocenters. The van der Waals surface area contributed by atoms with Crippen LogP contribution in [0.1, 0.15) is 43.0 Å². The number of anilines is 2. The Balaban J connectivity index is 1.26. The lowest BCUT2D eigenvalue weighted by molar-refractivity contribution is -0.146. The number of aliphatic hydroxyl groups is 1. The summed E-state index contributed by atoms with van der Waals surface area (Å²) >= 11 is 0. The maximum Gasteiger partial charge on any atom is 0.264 e. The van der Waals surface area contributed by atoms with E-state index < -0.39 is 31.6 Å². The van der Waals surface area contributed by atoms with Crippen LogP contribution in [0.2, 0.25) is 18.6 Å². The first-order valence-electron chi connectivity index (χ1n) is 16.5. The van der Waals surface area contributed by atoms with E-state index in [0.717, 1.165) is 24.9 Å². The lowest BCUT2D eigenvalue weighted by Crippen LogP contribution is -2.45. The number of fused-ring (bicyclic) bond motifs is 2. The highest BCUT2D eigenvalue weighted by molar-refractivity contribution is 6.72. The predicted molar refractivity (Wildman–Crippen MR) is 178 cm³/mol. The molecule has 1 spiro atoms. The number of methoxy groups -OCH3 is 1. The molecule has 0 bridgehead atoms. The summed E-state index contributed by atoms with van der Waals surface area (Å²) in [7, 11) is -1.75. The third-order valence-corrected chi connectivity index (χ3v) is 12.5. The molecular formula is C34H45FN6O5Si. The van der Waals surface area contributed by atoms with Gasteiger partial charge in [0.1, 0.15) is 5.75 Å². The number of nitrogens with one attached hydrogen (secondary N) is 2. The standard InChI is InChI=1S/C34H45FN6O5Si/c1-22-31(47(3,4)35)30(13-16-40-21-26(14-17-42)38-39-40)46-34(22)28-18-27(45-2)11-12-29(28)41(33(34)44)20-23-7-9-25(10-8-23)37-32(43)24-6-5-15-36-19-24/h7-12,18,21-22,24,30-31,36,42H,5-6,13-17,19-20H2,1-4H3,(H,37,43)/t22-,24?,30+,31-,34+/m1/s1. The second-order valence-corrected chi connectivity index (χ2v) is 17.3. The average Bonchev–Trinajstić information content (AvgIpc) is 3.71. The Bertz CT molecular complexity index is 1590. The molecule has 3 aromatic rings. The van der Waals surface area contributed by atoms with Crippen LogP contribution in [0.3, 0.4) is 0 Å². The molecule has 2 fully saturated rings. The Morgan fingerprint density at radius 2 is 2.04 bits per heavy atom. The van der Waals surface area contributed by atoms with Crippen molar-refractivity contribution in [2.75, 3.05) is 37.0 Å². The largest absolute Gasteiger partial charge is 0.497 e. The number of aromatic nitrogens is 3. The van der Waals surface area contributed by atoms with Gasteiger partial charge in [-0.15, -0.1) is 5.10 Å². The summed E-state index contributed by atoms with van der Waals surface area (Å²) in [6.07, 6.45) is 3.98. The van der Waals surface area contributed by atoms with E-state index in [4.69, 9.17) is 9.47 Å². The number of aliphatic hydroxyl groups excluding tert-OH is 1. The summed E-state index contributed by atoms with van der Waals surface area (Å²) in [5.41, 5.74) is 1.86. The second-order valence-electron chi connectivity index (χ2n) is 13.5. The normalized spacial score (nSPS) is 25.7. The van der Waals surface area contributed by atoms with Gasteiger partial charge in [-0.25, -0.2) is 0 Å². The van der Waals surface area contributed by atoms with Gasteiger partial charge in [-0.3, -0.25) is 14.3 Å². The molecule has 0 radical (unpaired) electrons. The van der Waals surface area contributed by atoms with E-state index in [2.05, 4.69) is 20.9 Å². The van der Waals surface area contributed by atoms with Crippen LogP contribution in [-0.4, -0.2) is 73.2 Å². The van der Waals surface area contributed by atoms with Gasteiger partial charge in [-0.1, -0.05) is 24.3 Å². The van der Waals surface area contributed by atoms with E-state index in [1.165, 1.54) is 0 Å². The number of halogens is 1. The first-order chi connectivity index (χ1) is 22.5. The van der Waals surface area contributed by atoms with Crippen molar-refractivity contribution in [3.63, 3.8) is 0 Å². The summed E-state index contributed by atoms with van der Waals surface area (Å²) in [5.74, 6) is -0.0942.